The Bertz CT molecular complexity index is 626. The summed E-state index contributed by atoms with van der Waals surface area (Å²) >= 11 is 11.6. The number of halogens is 1. The number of carbonyl (C=O) groups excluding carboxylic acids is 1. The SMILES string of the molecule is CCN(CC)C(=O)C1=C(C)NC(=S)N[C@H]1c1ccccc1Cl. The molecule has 4 nitrogen and oxygen atoms in total. The van der Waals surface area contributed by atoms with Crippen molar-refractivity contribution in [2.75, 3.05) is 13.1 Å². The second kappa shape index (κ2) is 7.11. The highest BCUT2D eigenvalue weighted by Gasteiger charge is 2.32. The summed E-state index contributed by atoms with van der Waals surface area (Å²) in [6.45, 7) is 7.12. The molecule has 1 aliphatic heterocycles. The van der Waals surface area contributed by atoms with Gasteiger partial charge in [0.15, 0.2) is 5.11 Å². The van der Waals surface area contributed by atoms with Crippen molar-refractivity contribution in [3.05, 3.63) is 46.1 Å². The van der Waals surface area contributed by atoms with Crippen LogP contribution in [0, 0.1) is 0 Å². The predicted octanol–water partition coefficient (Wildman–Crippen LogP) is 3.00. The number of hydrogen-bond acceptors (Lipinski definition) is 2. The molecule has 2 rings (SSSR count). The van der Waals surface area contributed by atoms with Crippen LogP contribution in [0.1, 0.15) is 32.4 Å². The first-order valence-corrected chi connectivity index (χ1v) is 8.10. The molecular formula is C16H20ClN3OS. The van der Waals surface area contributed by atoms with Gasteiger partial charge in [0.05, 0.1) is 11.6 Å². The lowest BCUT2D eigenvalue weighted by Gasteiger charge is -2.33. The largest absolute Gasteiger partial charge is 0.351 e. The minimum Gasteiger partial charge on any atom is -0.351 e. The van der Waals surface area contributed by atoms with Crippen LogP contribution >= 0.6 is 23.8 Å². The van der Waals surface area contributed by atoms with E-state index in [1.54, 1.807) is 4.90 Å². The number of benzene rings is 1. The highest BCUT2D eigenvalue weighted by atomic mass is 35.5. The molecule has 1 aromatic rings. The quantitative estimate of drug-likeness (QED) is 0.829. The first-order chi connectivity index (χ1) is 10.5. The summed E-state index contributed by atoms with van der Waals surface area (Å²) in [5.41, 5.74) is 2.28. The van der Waals surface area contributed by atoms with Crippen molar-refractivity contribution in [2.24, 2.45) is 0 Å². The van der Waals surface area contributed by atoms with Crippen molar-refractivity contribution in [3.63, 3.8) is 0 Å². The number of rotatable bonds is 4. The number of nitrogens with one attached hydrogen (secondary N) is 2. The molecule has 0 aliphatic carbocycles. The first kappa shape index (κ1) is 16.8. The van der Waals surface area contributed by atoms with Gasteiger partial charge in [0.2, 0.25) is 0 Å². The van der Waals surface area contributed by atoms with E-state index in [2.05, 4.69) is 10.6 Å². The summed E-state index contributed by atoms with van der Waals surface area (Å²) in [5, 5.41) is 7.32. The van der Waals surface area contributed by atoms with Crippen LogP contribution in [-0.4, -0.2) is 29.0 Å². The second-order valence-electron chi connectivity index (χ2n) is 5.07. The number of carbonyl (C=O) groups is 1. The molecule has 2 N–H and O–H groups in total. The first-order valence-electron chi connectivity index (χ1n) is 7.31. The standard InChI is InChI=1S/C16H20ClN3OS/c1-4-20(5-2)15(21)13-10(3)18-16(22)19-14(13)11-8-6-7-9-12(11)17/h6-9,14H,4-5H2,1-3H3,(H2,18,19,22)/t14-/m0/s1. The number of nitrogens with zero attached hydrogens (tertiary/aromatic N) is 1. The van der Waals surface area contributed by atoms with E-state index in [1.807, 2.05) is 45.0 Å². The minimum absolute atomic E-state index is 0.00470. The van der Waals surface area contributed by atoms with Crippen LogP contribution in [0.2, 0.25) is 5.02 Å². The fourth-order valence-electron chi connectivity index (χ4n) is 2.60. The Balaban J connectivity index is 2.50. The molecule has 118 valence electrons. The summed E-state index contributed by atoms with van der Waals surface area (Å²) in [7, 11) is 0. The summed E-state index contributed by atoms with van der Waals surface area (Å²) in [6, 6.07) is 7.17. The Morgan fingerprint density at radius 3 is 2.55 bits per heavy atom. The second-order valence-corrected chi connectivity index (χ2v) is 5.88. The van der Waals surface area contributed by atoms with Gasteiger partial charge < -0.3 is 15.5 Å². The van der Waals surface area contributed by atoms with Gasteiger partial charge in [0, 0.05) is 23.8 Å². The molecule has 0 saturated carbocycles. The van der Waals surface area contributed by atoms with E-state index in [9.17, 15) is 4.79 Å². The van der Waals surface area contributed by atoms with Gasteiger partial charge in [-0.1, -0.05) is 29.8 Å². The van der Waals surface area contributed by atoms with Gasteiger partial charge in [0.1, 0.15) is 0 Å². The van der Waals surface area contributed by atoms with E-state index in [1.165, 1.54) is 0 Å². The highest BCUT2D eigenvalue weighted by Crippen LogP contribution is 2.32. The lowest BCUT2D eigenvalue weighted by atomic mass is 9.94. The Labute approximate surface area is 141 Å². The van der Waals surface area contributed by atoms with E-state index in [0.29, 0.717) is 28.8 Å². The van der Waals surface area contributed by atoms with Crippen LogP contribution in [0.25, 0.3) is 0 Å². The molecule has 0 fully saturated rings. The zero-order chi connectivity index (χ0) is 16.3. The number of likely N-dealkylation sites (N-methyl/N-ethyl adjacent to an activating group) is 1. The number of hydrogen-bond donors (Lipinski definition) is 2. The minimum atomic E-state index is -0.337. The maximum Gasteiger partial charge on any atom is 0.253 e. The van der Waals surface area contributed by atoms with Gasteiger partial charge in [-0.25, -0.2) is 0 Å². The molecule has 22 heavy (non-hydrogen) atoms. The van der Waals surface area contributed by atoms with Crippen molar-refractivity contribution in [1.29, 1.82) is 0 Å². The molecule has 6 heteroatoms. The lowest BCUT2D eigenvalue weighted by molar-refractivity contribution is -0.127. The molecular weight excluding hydrogens is 318 g/mol. The lowest BCUT2D eigenvalue weighted by Crippen LogP contribution is -2.47. The van der Waals surface area contributed by atoms with Crippen LogP contribution in [-0.2, 0) is 4.79 Å². The molecule has 0 saturated heterocycles. The van der Waals surface area contributed by atoms with Crippen LogP contribution in [0.3, 0.4) is 0 Å². The highest BCUT2D eigenvalue weighted by molar-refractivity contribution is 7.80. The van der Waals surface area contributed by atoms with Gasteiger partial charge >= 0.3 is 0 Å². The van der Waals surface area contributed by atoms with E-state index < -0.39 is 0 Å². The third-order valence-corrected chi connectivity index (χ3v) is 4.33. The molecule has 0 aromatic heterocycles. The average molecular weight is 338 g/mol. The van der Waals surface area contributed by atoms with Gasteiger partial charge in [-0.05, 0) is 44.6 Å². The zero-order valence-electron chi connectivity index (χ0n) is 12.9. The van der Waals surface area contributed by atoms with E-state index in [-0.39, 0.29) is 11.9 Å². The van der Waals surface area contributed by atoms with Gasteiger partial charge in [-0.15, -0.1) is 0 Å². The number of allylic oxidation sites excluding steroid dienone is 1. The van der Waals surface area contributed by atoms with Gasteiger partial charge in [-0.3, -0.25) is 4.79 Å². The molecule has 0 radical (unpaired) electrons. The summed E-state index contributed by atoms with van der Waals surface area (Å²) in [4.78, 5) is 14.7. The van der Waals surface area contributed by atoms with Crippen molar-refractivity contribution >= 4 is 34.8 Å². The van der Waals surface area contributed by atoms with Crippen molar-refractivity contribution in [1.82, 2.24) is 15.5 Å². The normalized spacial score (nSPS) is 17.8. The molecule has 0 bridgehead atoms. The van der Waals surface area contributed by atoms with Gasteiger partial charge in [0.25, 0.3) is 5.91 Å². The monoisotopic (exact) mass is 337 g/mol. The maximum absolute atomic E-state index is 12.9. The van der Waals surface area contributed by atoms with Crippen molar-refractivity contribution in [2.45, 2.75) is 26.8 Å². The Morgan fingerprint density at radius 2 is 1.95 bits per heavy atom. The van der Waals surface area contributed by atoms with Crippen LogP contribution < -0.4 is 10.6 Å². The maximum atomic E-state index is 12.9. The molecule has 1 aliphatic rings. The third-order valence-electron chi connectivity index (χ3n) is 3.77. The number of amides is 1. The Kier molecular flexibility index (Phi) is 5.42. The topological polar surface area (TPSA) is 44.4 Å². The van der Waals surface area contributed by atoms with Crippen LogP contribution in [0.5, 0.6) is 0 Å². The Hall–Kier alpha value is -1.59. The third kappa shape index (κ3) is 3.25. The van der Waals surface area contributed by atoms with E-state index >= 15 is 0 Å². The average Bonchev–Trinajstić information content (AvgIpc) is 2.48. The summed E-state index contributed by atoms with van der Waals surface area (Å²) in [6.07, 6.45) is 0. The van der Waals surface area contributed by atoms with E-state index in [4.69, 9.17) is 23.8 Å². The Morgan fingerprint density at radius 1 is 1.32 bits per heavy atom. The molecule has 0 spiro atoms. The van der Waals surface area contributed by atoms with Crippen molar-refractivity contribution < 1.29 is 4.79 Å². The fourth-order valence-corrected chi connectivity index (χ4v) is 3.12. The molecule has 1 heterocycles. The fraction of sp³-hybridized carbons (Fsp3) is 0.375. The summed E-state index contributed by atoms with van der Waals surface area (Å²) in [5.74, 6) is -0.00470. The van der Waals surface area contributed by atoms with Crippen LogP contribution in [0.4, 0.5) is 0 Å². The summed E-state index contributed by atoms with van der Waals surface area (Å²) < 4.78 is 0. The molecule has 1 atom stereocenters. The smallest absolute Gasteiger partial charge is 0.253 e. The molecule has 1 aromatic carbocycles. The predicted molar refractivity (Wildman–Crippen MR) is 93.7 cm³/mol. The molecule has 1 amide bonds. The van der Waals surface area contributed by atoms with Crippen LogP contribution in [0.15, 0.2) is 35.5 Å². The van der Waals surface area contributed by atoms with Crippen molar-refractivity contribution in [3.8, 4) is 0 Å². The molecule has 0 unspecified atom stereocenters. The van der Waals surface area contributed by atoms with E-state index in [0.717, 1.165) is 11.3 Å². The number of thiocarbonyl (C=S) groups is 1. The van der Waals surface area contributed by atoms with Gasteiger partial charge in [-0.2, -0.15) is 0 Å². The zero-order valence-corrected chi connectivity index (χ0v) is 14.5.